The van der Waals surface area contributed by atoms with Crippen LogP contribution in [0.5, 0.6) is 5.75 Å². The van der Waals surface area contributed by atoms with Gasteiger partial charge in [0.05, 0.1) is 0 Å². The van der Waals surface area contributed by atoms with Crippen LogP contribution in [0.2, 0.25) is 0 Å². The first kappa shape index (κ1) is 14.3. The Bertz CT molecular complexity index is 528. The molecule has 20 heavy (non-hydrogen) atoms. The van der Waals surface area contributed by atoms with Crippen LogP contribution in [0.15, 0.2) is 18.2 Å². The number of carboxylic acids is 1. The van der Waals surface area contributed by atoms with E-state index in [1.807, 2.05) is 6.92 Å². The number of carboxylic acid groups (broad SMARTS) is 1. The van der Waals surface area contributed by atoms with E-state index in [2.05, 4.69) is 0 Å². The van der Waals surface area contributed by atoms with Crippen LogP contribution in [0.4, 0.5) is 4.39 Å². The number of carbonyl (C=O) groups excluding carboxylic acids is 1. The Labute approximate surface area is 116 Å². The van der Waals surface area contributed by atoms with E-state index in [1.54, 1.807) is 4.90 Å². The third-order valence-corrected chi connectivity index (χ3v) is 3.19. The van der Waals surface area contributed by atoms with Crippen molar-refractivity contribution in [3.63, 3.8) is 0 Å². The minimum Gasteiger partial charge on any atom is -0.483 e. The van der Waals surface area contributed by atoms with E-state index in [4.69, 9.17) is 9.84 Å². The summed E-state index contributed by atoms with van der Waals surface area (Å²) in [6.07, 6.45) is 1.97. The predicted octanol–water partition coefficient (Wildman–Crippen LogP) is 1.91. The molecule has 108 valence electrons. The average Bonchev–Trinajstić information content (AvgIpc) is 3.21. The minimum absolute atomic E-state index is 0.127. The third kappa shape index (κ3) is 3.07. The second-order valence-electron chi connectivity index (χ2n) is 4.62. The Balaban J connectivity index is 2.05. The second-order valence-corrected chi connectivity index (χ2v) is 4.62. The van der Waals surface area contributed by atoms with Crippen molar-refractivity contribution in [1.82, 2.24) is 4.90 Å². The molecule has 0 aromatic heterocycles. The molecule has 0 saturated heterocycles. The number of ether oxygens (including phenoxy) is 1. The monoisotopic (exact) mass is 281 g/mol. The summed E-state index contributed by atoms with van der Waals surface area (Å²) >= 11 is 0. The zero-order chi connectivity index (χ0) is 14.7. The highest BCUT2D eigenvalue weighted by Gasteiger charge is 2.31. The zero-order valence-corrected chi connectivity index (χ0v) is 11.1. The summed E-state index contributed by atoms with van der Waals surface area (Å²) in [5, 5.41) is 8.95. The largest absolute Gasteiger partial charge is 0.483 e. The fourth-order valence-corrected chi connectivity index (χ4v) is 2.08. The third-order valence-electron chi connectivity index (χ3n) is 3.19. The van der Waals surface area contributed by atoms with Crippen LogP contribution in [0.3, 0.4) is 0 Å². The Hall–Kier alpha value is -2.11. The van der Waals surface area contributed by atoms with Crippen molar-refractivity contribution in [1.29, 1.82) is 0 Å². The van der Waals surface area contributed by atoms with Crippen molar-refractivity contribution in [3.05, 3.63) is 29.6 Å². The van der Waals surface area contributed by atoms with E-state index in [1.165, 1.54) is 12.1 Å². The van der Waals surface area contributed by atoms with Gasteiger partial charge in [0.1, 0.15) is 17.1 Å². The summed E-state index contributed by atoms with van der Waals surface area (Å²) < 4.78 is 18.6. The van der Waals surface area contributed by atoms with Gasteiger partial charge in [-0.25, -0.2) is 9.18 Å². The first-order valence-electron chi connectivity index (χ1n) is 6.48. The maximum absolute atomic E-state index is 13.4. The van der Waals surface area contributed by atoms with Crippen molar-refractivity contribution in [2.45, 2.75) is 25.8 Å². The van der Waals surface area contributed by atoms with Crippen LogP contribution in [-0.2, 0) is 4.79 Å². The molecule has 0 heterocycles. The van der Waals surface area contributed by atoms with Crippen molar-refractivity contribution < 1.29 is 23.8 Å². The summed E-state index contributed by atoms with van der Waals surface area (Å²) in [7, 11) is 0. The first-order valence-corrected chi connectivity index (χ1v) is 6.48. The standard InChI is InChI=1S/C14H16FNO4/c1-2-16(9-6-7-9)12(17)8-20-11-5-3-4-10(15)13(11)14(18)19/h3-5,9H,2,6-8H2,1H3,(H,18,19). The summed E-state index contributed by atoms with van der Waals surface area (Å²) in [4.78, 5) is 24.6. The molecular formula is C14H16FNO4. The Kier molecular flexibility index (Phi) is 4.22. The fraction of sp³-hybridized carbons (Fsp3) is 0.429. The summed E-state index contributed by atoms with van der Waals surface area (Å²) in [5.41, 5.74) is -0.547. The Morgan fingerprint density at radius 1 is 1.45 bits per heavy atom. The zero-order valence-electron chi connectivity index (χ0n) is 11.1. The van der Waals surface area contributed by atoms with E-state index in [-0.39, 0.29) is 24.3 Å². The SMILES string of the molecule is CCN(C(=O)COc1cccc(F)c1C(=O)O)C1CC1. The number of amides is 1. The van der Waals surface area contributed by atoms with Gasteiger partial charge < -0.3 is 14.7 Å². The maximum atomic E-state index is 13.4. The molecule has 0 unspecified atom stereocenters. The molecule has 2 rings (SSSR count). The highest BCUT2D eigenvalue weighted by Crippen LogP contribution is 2.27. The molecule has 1 saturated carbocycles. The number of hydrogen-bond donors (Lipinski definition) is 1. The van der Waals surface area contributed by atoms with E-state index in [0.717, 1.165) is 18.9 Å². The lowest BCUT2D eigenvalue weighted by Crippen LogP contribution is -2.36. The lowest BCUT2D eigenvalue weighted by Gasteiger charge is -2.20. The molecule has 1 aliphatic carbocycles. The smallest absolute Gasteiger partial charge is 0.342 e. The van der Waals surface area contributed by atoms with Gasteiger partial charge in [-0.15, -0.1) is 0 Å². The van der Waals surface area contributed by atoms with Gasteiger partial charge in [0.2, 0.25) is 0 Å². The molecule has 0 bridgehead atoms. The maximum Gasteiger partial charge on any atom is 0.342 e. The number of likely N-dealkylation sites (N-methyl/N-ethyl adjacent to an activating group) is 1. The molecule has 0 atom stereocenters. The predicted molar refractivity (Wildman–Crippen MR) is 69.3 cm³/mol. The van der Waals surface area contributed by atoms with Crippen molar-refractivity contribution in [2.24, 2.45) is 0 Å². The van der Waals surface area contributed by atoms with Crippen LogP contribution in [0.1, 0.15) is 30.1 Å². The summed E-state index contributed by atoms with van der Waals surface area (Å²) in [6.45, 7) is 2.18. The highest BCUT2D eigenvalue weighted by molar-refractivity contribution is 5.91. The van der Waals surface area contributed by atoms with Gasteiger partial charge in [-0.2, -0.15) is 0 Å². The normalized spacial score (nSPS) is 13.9. The number of rotatable bonds is 6. The average molecular weight is 281 g/mol. The minimum atomic E-state index is -1.42. The molecule has 6 heteroatoms. The number of hydrogen-bond acceptors (Lipinski definition) is 3. The molecule has 1 amide bonds. The Morgan fingerprint density at radius 3 is 2.70 bits per heavy atom. The first-order chi connectivity index (χ1) is 9.54. The van der Waals surface area contributed by atoms with Crippen molar-refractivity contribution in [2.75, 3.05) is 13.2 Å². The van der Waals surface area contributed by atoms with E-state index < -0.39 is 17.3 Å². The summed E-state index contributed by atoms with van der Waals surface area (Å²) in [5.74, 6) is -2.63. The second kappa shape index (κ2) is 5.90. The van der Waals surface area contributed by atoms with Gasteiger partial charge in [0, 0.05) is 12.6 Å². The van der Waals surface area contributed by atoms with E-state index in [0.29, 0.717) is 6.54 Å². The van der Waals surface area contributed by atoms with E-state index in [9.17, 15) is 14.0 Å². The molecule has 0 aliphatic heterocycles. The molecule has 1 fully saturated rings. The fourth-order valence-electron chi connectivity index (χ4n) is 2.08. The van der Waals surface area contributed by atoms with Gasteiger partial charge in [0.25, 0.3) is 5.91 Å². The lowest BCUT2D eigenvalue weighted by molar-refractivity contribution is -0.133. The number of carbonyl (C=O) groups is 2. The van der Waals surface area contributed by atoms with Gasteiger partial charge in [-0.05, 0) is 31.9 Å². The van der Waals surface area contributed by atoms with E-state index >= 15 is 0 Å². The van der Waals surface area contributed by atoms with Crippen LogP contribution in [0.25, 0.3) is 0 Å². The van der Waals surface area contributed by atoms with Crippen LogP contribution in [0, 0.1) is 5.82 Å². The molecule has 1 N–H and O–H groups in total. The number of aromatic carboxylic acids is 1. The summed E-state index contributed by atoms with van der Waals surface area (Å²) in [6, 6.07) is 4.00. The number of benzene rings is 1. The van der Waals surface area contributed by atoms with Crippen LogP contribution >= 0.6 is 0 Å². The molecule has 1 aromatic rings. The van der Waals surface area contributed by atoms with Crippen LogP contribution < -0.4 is 4.74 Å². The number of nitrogens with zero attached hydrogens (tertiary/aromatic N) is 1. The topological polar surface area (TPSA) is 66.8 Å². The van der Waals surface area contributed by atoms with Gasteiger partial charge in [0.15, 0.2) is 6.61 Å². The molecule has 5 nitrogen and oxygen atoms in total. The highest BCUT2D eigenvalue weighted by atomic mass is 19.1. The van der Waals surface area contributed by atoms with Crippen LogP contribution in [-0.4, -0.2) is 41.1 Å². The molecule has 0 radical (unpaired) electrons. The molecule has 1 aromatic carbocycles. The molecular weight excluding hydrogens is 265 g/mol. The van der Waals surface area contributed by atoms with Gasteiger partial charge in [-0.3, -0.25) is 4.79 Å². The van der Waals surface area contributed by atoms with Crippen molar-refractivity contribution >= 4 is 11.9 Å². The van der Waals surface area contributed by atoms with Crippen molar-refractivity contribution in [3.8, 4) is 5.75 Å². The van der Waals surface area contributed by atoms with Gasteiger partial charge >= 0.3 is 5.97 Å². The quantitative estimate of drug-likeness (QED) is 0.865. The lowest BCUT2D eigenvalue weighted by atomic mass is 10.2. The molecule has 1 aliphatic rings. The molecule has 0 spiro atoms. The Morgan fingerprint density at radius 2 is 2.15 bits per heavy atom. The van der Waals surface area contributed by atoms with Gasteiger partial charge in [-0.1, -0.05) is 6.07 Å². The number of halogens is 1.